The first-order chi connectivity index (χ1) is 9.95. The second-order valence-electron chi connectivity index (χ2n) is 6.00. The molecular formula is C19H24O2. The molecule has 0 aliphatic heterocycles. The predicted octanol–water partition coefficient (Wildman–Crippen LogP) is 4.26. The molecule has 2 aromatic rings. The lowest BCUT2D eigenvalue weighted by atomic mass is 9.88. The van der Waals surface area contributed by atoms with Gasteiger partial charge in [-0.2, -0.15) is 0 Å². The molecule has 2 nitrogen and oxygen atoms in total. The Labute approximate surface area is 127 Å². The van der Waals surface area contributed by atoms with Crippen molar-refractivity contribution < 1.29 is 10.2 Å². The number of phenols is 1. The van der Waals surface area contributed by atoms with Gasteiger partial charge in [-0.15, -0.1) is 0 Å². The van der Waals surface area contributed by atoms with Crippen molar-refractivity contribution in [3.63, 3.8) is 0 Å². The van der Waals surface area contributed by atoms with Crippen LogP contribution in [0.25, 0.3) is 0 Å². The molecule has 2 rings (SSSR count). The van der Waals surface area contributed by atoms with Crippen LogP contribution in [0.5, 0.6) is 5.75 Å². The number of hydrogen-bond donors (Lipinski definition) is 2. The van der Waals surface area contributed by atoms with Crippen molar-refractivity contribution >= 4 is 0 Å². The molecule has 0 aliphatic rings. The molecule has 0 aliphatic carbocycles. The van der Waals surface area contributed by atoms with E-state index in [0.717, 1.165) is 22.3 Å². The van der Waals surface area contributed by atoms with Crippen molar-refractivity contribution in [3.8, 4) is 5.75 Å². The van der Waals surface area contributed by atoms with E-state index in [1.165, 1.54) is 5.56 Å². The molecule has 2 aromatic carbocycles. The third-order valence-electron chi connectivity index (χ3n) is 4.30. The highest BCUT2D eigenvalue weighted by molar-refractivity contribution is 5.49. The van der Waals surface area contributed by atoms with Crippen molar-refractivity contribution in [3.05, 3.63) is 64.2 Å². The predicted molar refractivity (Wildman–Crippen MR) is 87.0 cm³/mol. The van der Waals surface area contributed by atoms with E-state index in [-0.39, 0.29) is 12.5 Å². The van der Waals surface area contributed by atoms with E-state index in [4.69, 9.17) is 0 Å². The Morgan fingerprint density at radius 2 is 1.48 bits per heavy atom. The van der Waals surface area contributed by atoms with Crippen molar-refractivity contribution in [2.45, 2.75) is 39.5 Å². The number of aliphatic hydroxyl groups excluding tert-OH is 1. The van der Waals surface area contributed by atoms with Crippen LogP contribution in [0.2, 0.25) is 0 Å². The van der Waals surface area contributed by atoms with Crippen LogP contribution < -0.4 is 0 Å². The van der Waals surface area contributed by atoms with E-state index in [1.807, 2.05) is 38.1 Å². The minimum Gasteiger partial charge on any atom is -0.507 e. The van der Waals surface area contributed by atoms with Crippen LogP contribution in [0.4, 0.5) is 0 Å². The highest BCUT2D eigenvalue weighted by atomic mass is 16.3. The molecule has 0 aromatic heterocycles. The number of aryl methyl sites for hydroxylation is 1. The number of hydrogen-bond acceptors (Lipinski definition) is 2. The molecule has 1 unspecified atom stereocenters. The van der Waals surface area contributed by atoms with Crippen molar-refractivity contribution in [2.75, 3.05) is 6.61 Å². The fourth-order valence-corrected chi connectivity index (χ4v) is 2.60. The summed E-state index contributed by atoms with van der Waals surface area (Å²) in [4.78, 5) is 0. The Balaban J connectivity index is 2.42. The lowest BCUT2D eigenvalue weighted by Gasteiger charge is -2.19. The molecule has 1 atom stereocenters. The largest absolute Gasteiger partial charge is 0.507 e. The first kappa shape index (κ1) is 15.6. The summed E-state index contributed by atoms with van der Waals surface area (Å²) >= 11 is 0. The molecular weight excluding hydrogens is 260 g/mol. The second-order valence-corrected chi connectivity index (χ2v) is 6.00. The SMILES string of the molecule is Cc1ccc(C(CO)c2ccc(C(C)C)cc2)c(O)c1C. The zero-order chi connectivity index (χ0) is 15.6. The Bertz CT molecular complexity index is 612. The van der Waals surface area contributed by atoms with Gasteiger partial charge in [0.15, 0.2) is 0 Å². The summed E-state index contributed by atoms with van der Waals surface area (Å²) in [5.41, 5.74) is 5.03. The molecule has 21 heavy (non-hydrogen) atoms. The van der Waals surface area contributed by atoms with E-state index < -0.39 is 0 Å². The highest BCUT2D eigenvalue weighted by Gasteiger charge is 2.18. The van der Waals surface area contributed by atoms with Crippen LogP contribution in [-0.2, 0) is 0 Å². The van der Waals surface area contributed by atoms with E-state index in [1.54, 1.807) is 0 Å². The van der Waals surface area contributed by atoms with Crippen molar-refractivity contribution in [1.82, 2.24) is 0 Å². The van der Waals surface area contributed by atoms with E-state index >= 15 is 0 Å². The monoisotopic (exact) mass is 284 g/mol. The topological polar surface area (TPSA) is 40.5 Å². The van der Waals surface area contributed by atoms with Crippen LogP contribution >= 0.6 is 0 Å². The smallest absolute Gasteiger partial charge is 0.122 e. The average Bonchev–Trinajstić information content (AvgIpc) is 2.48. The summed E-state index contributed by atoms with van der Waals surface area (Å²) in [5.74, 6) is 0.592. The Hall–Kier alpha value is -1.80. The van der Waals surface area contributed by atoms with Gasteiger partial charge in [0.05, 0.1) is 6.61 Å². The van der Waals surface area contributed by atoms with E-state index in [9.17, 15) is 10.2 Å². The molecule has 0 heterocycles. The van der Waals surface area contributed by atoms with Crippen LogP contribution in [-0.4, -0.2) is 16.8 Å². The first-order valence-corrected chi connectivity index (χ1v) is 7.45. The highest BCUT2D eigenvalue weighted by Crippen LogP contribution is 2.34. The van der Waals surface area contributed by atoms with Gasteiger partial charge in [-0.3, -0.25) is 0 Å². The van der Waals surface area contributed by atoms with Gasteiger partial charge in [-0.1, -0.05) is 50.2 Å². The maximum Gasteiger partial charge on any atom is 0.122 e. The van der Waals surface area contributed by atoms with Gasteiger partial charge >= 0.3 is 0 Å². The Morgan fingerprint density at radius 1 is 0.905 bits per heavy atom. The van der Waals surface area contributed by atoms with Crippen LogP contribution in [0, 0.1) is 13.8 Å². The molecule has 0 fully saturated rings. The van der Waals surface area contributed by atoms with Gasteiger partial charge in [-0.25, -0.2) is 0 Å². The average molecular weight is 284 g/mol. The van der Waals surface area contributed by atoms with Crippen LogP contribution in [0.15, 0.2) is 36.4 Å². The number of phenolic OH excluding ortho intramolecular Hbond substituents is 1. The molecule has 0 radical (unpaired) electrons. The summed E-state index contributed by atoms with van der Waals surface area (Å²) in [5, 5.41) is 20.2. The van der Waals surface area contributed by atoms with Gasteiger partial charge in [0.2, 0.25) is 0 Å². The second kappa shape index (κ2) is 6.31. The lowest BCUT2D eigenvalue weighted by molar-refractivity contribution is 0.278. The van der Waals surface area contributed by atoms with Crippen molar-refractivity contribution in [2.24, 2.45) is 0 Å². The van der Waals surface area contributed by atoms with Gasteiger partial charge < -0.3 is 10.2 Å². The fourth-order valence-electron chi connectivity index (χ4n) is 2.60. The normalized spacial score (nSPS) is 12.7. The van der Waals surface area contributed by atoms with Crippen molar-refractivity contribution in [1.29, 1.82) is 0 Å². The molecule has 0 saturated carbocycles. The van der Waals surface area contributed by atoms with E-state index in [0.29, 0.717) is 11.7 Å². The number of rotatable bonds is 4. The summed E-state index contributed by atoms with van der Waals surface area (Å²) < 4.78 is 0. The van der Waals surface area contributed by atoms with Gasteiger partial charge in [0.1, 0.15) is 5.75 Å². The van der Waals surface area contributed by atoms with Gasteiger partial charge in [0.25, 0.3) is 0 Å². The Kier molecular flexibility index (Phi) is 4.69. The van der Waals surface area contributed by atoms with Gasteiger partial charge in [0, 0.05) is 11.5 Å². The zero-order valence-corrected chi connectivity index (χ0v) is 13.2. The summed E-state index contributed by atoms with van der Waals surface area (Å²) in [7, 11) is 0. The maximum absolute atomic E-state index is 10.4. The lowest BCUT2D eigenvalue weighted by Crippen LogP contribution is -2.07. The summed E-state index contributed by atoms with van der Waals surface area (Å²) in [6.07, 6.45) is 0. The minimum atomic E-state index is -0.189. The van der Waals surface area contributed by atoms with E-state index in [2.05, 4.69) is 26.0 Å². The van der Waals surface area contributed by atoms with Crippen LogP contribution in [0.1, 0.15) is 53.5 Å². The standard InChI is InChI=1S/C19H24O2/c1-12(2)15-6-8-16(9-7-15)18(11-20)17-10-5-13(3)14(4)19(17)21/h5-10,12,18,20-21H,11H2,1-4H3. The molecule has 2 N–H and O–H groups in total. The molecule has 0 amide bonds. The first-order valence-electron chi connectivity index (χ1n) is 7.45. The molecule has 2 heteroatoms. The van der Waals surface area contributed by atoms with Crippen LogP contribution in [0.3, 0.4) is 0 Å². The summed E-state index contributed by atoms with van der Waals surface area (Å²) in [6, 6.07) is 12.2. The third kappa shape index (κ3) is 3.11. The number of aromatic hydroxyl groups is 1. The zero-order valence-electron chi connectivity index (χ0n) is 13.2. The molecule has 0 spiro atoms. The Morgan fingerprint density at radius 3 is 2.00 bits per heavy atom. The molecule has 0 saturated heterocycles. The van der Waals surface area contributed by atoms with Gasteiger partial charge in [-0.05, 0) is 42.0 Å². The quantitative estimate of drug-likeness (QED) is 0.881. The molecule has 0 bridgehead atoms. The maximum atomic E-state index is 10.4. The summed E-state index contributed by atoms with van der Waals surface area (Å²) in [6.45, 7) is 8.19. The third-order valence-corrected chi connectivity index (χ3v) is 4.30. The number of benzene rings is 2. The number of aliphatic hydroxyl groups is 1. The fraction of sp³-hybridized carbons (Fsp3) is 0.368. The molecule has 112 valence electrons. The minimum absolute atomic E-state index is 0.0168.